The topological polar surface area (TPSA) is 26.5 Å². The molecule has 0 fully saturated rings. The number of nitrogens with zero attached hydrogens (tertiary/aromatic N) is 2. The van der Waals surface area contributed by atoms with Gasteiger partial charge in [-0.05, 0) is 99.7 Å². The SMILES string of the molecule is CCN1/C(=C/C=C2CCC(C=CC3=[N+](CC)c4ccc(Cl)cc4C3(C)C)=C2O)C(C)(C)c2cc(Cl)ccc21. The van der Waals surface area contributed by atoms with Crippen LogP contribution in [0.15, 0.2) is 83.3 Å². The molecule has 0 saturated heterocycles. The Kier molecular flexibility index (Phi) is 6.90. The molecule has 1 N–H and O–H groups in total. The molecule has 1 aliphatic carbocycles. The molecule has 0 unspecified atom stereocenters. The minimum atomic E-state index is -0.166. The van der Waals surface area contributed by atoms with Gasteiger partial charge in [-0.1, -0.05) is 43.1 Å². The number of allylic oxidation sites excluding steroid dienone is 7. The molecule has 0 radical (unpaired) electrons. The van der Waals surface area contributed by atoms with E-state index in [-0.39, 0.29) is 10.8 Å². The van der Waals surface area contributed by atoms with Gasteiger partial charge < -0.3 is 10.0 Å². The van der Waals surface area contributed by atoms with Crippen LogP contribution in [-0.4, -0.2) is 28.5 Å². The van der Waals surface area contributed by atoms with Crippen LogP contribution in [0.2, 0.25) is 10.0 Å². The zero-order chi connectivity index (χ0) is 27.4. The van der Waals surface area contributed by atoms with Crippen molar-refractivity contribution in [2.75, 3.05) is 18.0 Å². The average Bonchev–Trinajstić information content (AvgIpc) is 3.41. The highest BCUT2D eigenvalue weighted by molar-refractivity contribution is 6.31. The van der Waals surface area contributed by atoms with Crippen LogP contribution < -0.4 is 4.90 Å². The van der Waals surface area contributed by atoms with Crippen molar-refractivity contribution in [2.45, 2.75) is 65.2 Å². The molecule has 0 aromatic heterocycles. The van der Waals surface area contributed by atoms with Gasteiger partial charge in [-0.25, -0.2) is 0 Å². The molecule has 3 aliphatic rings. The molecule has 2 heterocycles. The van der Waals surface area contributed by atoms with Crippen LogP contribution in [0, 0.1) is 0 Å². The van der Waals surface area contributed by atoms with Crippen molar-refractivity contribution in [1.82, 2.24) is 0 Å². The summed E-state index contributed by atoms with van der Waals surface area (Å²) in [6.45, 7) is 15.1. The molecule has 5 rings (SSSR count). The fraction of sp³-hybridized carbons (Fsp3) is 0.364. The summed E-state index contributed by atoms with van der Waals surface area (Å²) in [4.78, 5) is 2.35. The van der Waals surface area contributed by atoms with E-state index in [2.05, 4.69) is 99.6 Å². The fourth-order valence-electron chi connectivity index (χ4n) is 6.37. The third-order valence-corrected chi connectivity index (χ3v) is 8.97. The van der Waals surface area contributed by atoms with Crippen molar-refractivity contribution >= 4 is 40.3 Å². The van der Waals surface area contributed by atoms with Gasteiger partial charge in [0.2, 0.25) is 5.69 Å². The Balaban J connectivity index is 1.46. The molecule has 2 aliphatic heterocycles. The smallest absolute Gasteiger partial charge is 0.209 e. The van der Waals surface area contributed by atoms with Gasteiger partial charge in [0.1, 0.15) is 12.3 Å². The zero-order valence-corrected chi connectivity index (χ0v) is 24.7. The van der Waals surface area contributed by atoms with Gasteiger partial charge in [-0.15, -0.1) is 0 Å². The molecular formula is C33H37Cl2N2O+. The first kappa shape index (κ1) is 26.8. The molecule has 2 aromatic carbocycles. The maximum Gasteiger partial charge on any atom is 0.209 e. The van der Waals surface area contributed by atoms with Crippen molar-refractivity contribution < 1.29 is 9.68 Å². The number of benzene rings is 2. The van der Waals surface area contributed by atoms with E-state index in [0.29, 0.717) is 5.76 Å². The van der Waals surface area contributed by atoms with Crippen LogP contribution in [0.25, 0.3) is 0 Å². The molecule has 0 bridgehead atoms. The molecule has 3 nitrogen and oxygen atoms in total. The van der Waals surface area contributed by atoms with Crippen molar-refractivity contribution in [2.24, 2.45) is 0 Å². The monoisotopic (exact) mass is 547 g/mol. The van der Waals surface area contributed by atoms with Gasteiger partial charge in [0.15, 0.2) is 5.71 Å². The molecule has 0 atom stereocenters. The van der Waals surface area contributed by atoms with Gasteiger partial charge in [0, 0.05) is 51.1 Å². The summed E-state index contributed by atoms with van der Waals surface area (Å²) in [7, 11) is 0. The van der Waals surface area contributed by atoms with Gasteiger partial charge >= 0.3 is 0 Å². The lowest BCUT2D eigenvalue weighted by Gasteiger charge is -2.26. The quantitative estimate of drug-likeness (QED) is 0.377. The zero-order valence-electron chi connectivity index (χ0n) is 23.2. The number of fused-ring (bicyclic) bond motifs is 2. The maximum absolute atomic E-state index is 11.2. The molecule has 0 saturated carbocycles. The van der Waals surface area contributed by atoms with Crippen LogP contribution >= 0.6 is 23.2 Å². The number of anilines is 1. The van der Waals surface area contributed by atoms with Gasteiger partial charge in [-0.3, -0.25) is 0 Å². The highest BCUT2D eigenvalue weighted by atomic mass is 35.5. The molecule has 38 heavy (non-hydrogen) atoms. The normalized spacial score (nSPS) is 21.9. The average molecular weight is 549 g/mol. The molecule has 0 amide bonds. The van der Waals surface area contributed by atoms with Crippen molar-refractivity contribution in [3.05, 3.63) is 104 Å². The van der Waals surface area contributed by atoms with E-state index >= 15 is 0 Å². The predicted molar refractivity (Wildman–Crippen MR) is 162 cm³/mol. The third kappa shape index (κ3) is 4.25. The number of aliphatic hydroxyl groups excluding tert-OH is 1. The van der Waals surface area contributed by atoms with Crippen LogP contribution in [-0.2, 0) is 10.8 Å². The minimum Gasteiger partial charge on any atom is -0.507 e. The van der Waals surface area contributed by atoms with Crippen LogP contribution in [0.3, 0.4) is 0 Å². The van der Waals surface area contributed by atoms with Crippen molar-refractivity contribution in [3.63, 3.8) is 0 Å². The number of rotatable bonds is 5. The highest BCUT2D eigenvalue weighted by Crippen LogP contribution is 2.48. The van der Waals surface area contributed by atoms with E-state index in [0.717, 1.165) is 47.1 Å². The first-order valence-electron chi connectivity index (χ1n) is 13.5. The molecule has 198 valence electrons. The first-order valence-corrected chi connectivity index (χ1v) is 14.3. The molecule has 0 spiro atoms. The minimum absolute atomic E-state index is 0.166. The van der Waals surface area contributed by atoms with Crippen molar-refractivity contribution in [3.8, 4) is 0 Å². The Morgan fingerprint density at radius 2 is 1.58 bits per heavy atom. The maximum atomic E-state index is 11.2. The summed E-state index contributed by atoms with van der Waals surface area (Å²) in [5.41, 5.74) is 8.98. The lowest BCUT2D eigenvalue weighted by atomic mass is 9.81. The fourth-order valence-corrected chi connectivity index (χ4v) is 6.72. The number of likely N-dealkylation sites (N-methyl/N-ethyl adjacent to an activating group) is 1. The summed E-state index contributed by atoms with van der Waals surface area (Å²) in [6, 6.07) is 12.3. The van der Waals surface area contributed by atoms with E-state index in [1.807, 2.05) is 12.1 Å². The predicted octanol–water partition coefficient (Wildman–Crippen LogP) is 9.18. The van der Waals surface area contributed by atoms with E-state index in [1.165, 1.54) is 33.9 Å². The molecular weight excluding hydrogens is 511 g/mol. The first-order chi connectivity index (χ1) is 18.0. The van der Waals surface area contributed by atoms with E-state index in [9.17, 15) is 5.11 Å². The Morgan fingerprint density at radius 3 is 2.26 bits per heavy atom. The van der Waals surface area contributed by atoms with E-state index in [1.54, 1.807) is 0 Å². The molecule has 2 aromatic rings. The lowest BCUT2D eigenvalue weighted by Crippen LogP contribution is -2.27. The van der Waals surface area contributed by atoms with Crippen LogP contribution in [0.4, 0.5) is 11.4 Å². The Labute approximate surface area is 237 Å². The highest BCUT2D eigenvalue weighted by Gasteiger charge is 2.44. The lowest BCUT2D eigenvalue weighted by molar-refractivity contribution is -0.433. The summed E-state index contributed by atoms with van der Waals surface area (Å²) in [5, 5.41) is 12.7. The van der Waals surface area contributed by atoms with E-state index in [4.69, 9.17) is 23.2 Å². The van der Waals surface area contributed by atoms with Gasteiger partial charge in [0.25, 0.3) is 0 Å². The molecule has 5 heteroatoms. The van der Waals surface area contributed by atoms with Gasteiger partial charge in [-0.2, -0.15) is 4.58 Å². The second-order valence-corrected chi connectivity index (χ2v) is 12.3. The second-order valence-electron chi connectivity index (χ2n) is 11.4. The second kappa shape index (κ2) is 9.77. The Morgan fingerprint density at radius 1 is 0.895 bits per heavy atom. The summed E-state index contributed by atoms with van der Waals surface area (Å²) in [6.07, 6.45) is 10.2. The van der Waals surface area contributed by atoms with Crippen LogP contribution in [0.1, 0.15) is 65.5 Å². The summed E-state index contributed by atoms with van der Waals surface area (Å²) < 4.78 is 2.35. The van der Waals surface area contributed by atoms with Gasteiger partial charge in [0.05, 0.1) is 5.41 Å². The van der Waals surface area contributed by atoms with Crippen LogP contribution in [0.5, 0.6) is 0 Å². The summed E-state index contributed by atoms with van der Waals surface area (Å²) >= 11 is 12.7. The number of hydrogen-bond donors (Lipinski definition) is 1. The van der Waals surface area contributed by atoms with Crippen molar-refractivity contribution in [1.29, 1.82) is 0 Å². The number of aliphatic hydroxyl groups is 1. The standard InChI is InChI=1S/C33H36Cl2N2O/c1-7-36-27-15-13-23(34)19-25(27)32(3,4)29(36)17-11-21-9-10-22(31(21)38)12-18-30-33(5,6)26-20-24(35)14-16-28(26)37(30)8-2/h11-20H,7-10H2,1-6H3/p+1/b21-11?,29-17+. The summed E-state index contributed by atoms with van der Waals surface area (Å²) in [5.74, 6) is 0.400. The number of hydrogen-bond acceptors (Lipinski definition) is 2. The largest absolute Gasteiger partial charge is 0.507 e. The Bertz CT molecular complexity index is 1470. The number of halogens is 2. The third-order valence-electron chi connectivity index (χ3n) is 8.50. The van der Waals surface area contributed by atoms with E-state index < -0.39 is 0 Å². The Hall–Kier alpha value is -2.75.